The molecule has 2 rings (SSSR count). The maximum absolute atomic E-state index is 11.5. The molecule has 20 heavy (non-hydrogen) atoms. The average Bonchev–Trinajstić information content (AvgIpc) is 2.81. The van der Waals surface area contributed by atoms with Gasteiger partial charge in [-0.05, 0) is 28.4 Å². The first-order valence-corrected chi connectivity index (χ1v) is 7.21. The van der Waals surface area contributed by atoms with Gasteiger partial charge in [0.15, 0.2) is 0 Å². The van der Waals surface area contributed by atoms with Crippen LogP contribution in [-0.2, 0) is 4.79 Å². The van der Waals surface area contributed by atoms with Gasteiger partial charge in [-0.2, -0.15) is 0 Å². The van der Waals surface area contributed by atoms with Crippen molar-refractivity contribution >= 4 is 33.2 Å². The van der Waals surface area contributed by atoms with E-state index in [1.54, 1.807) is 6.07 Å². The number of carbonyl (C=O) groups is 1. The van der Waals surface area contributed by atoms with Gasteiger partial charge in [0.1, 0.15) is 0 Å². The molecule has 1 aromatic rings. The maximum Gasteiger partial charge on any atom is 0.270 e. The standard InChI is InChI=1S/C13H16BrN3O3/c1-15(7-8-16-6-2-3-13(16)18)12-5-4-10(17(19)20)9-11(12)14/h4-5,9H,2-3,6-8H2,1H3. The molecular weight excluding hydrogens is 326 g/mol. The van der Waals surface area contributed by atoms with Crippen LogP contribution in [0.25, 0.3) is 0 Å². The van der Waals surface area contributed by atoms with Crippen molar-refractivity contribution in [2.45, 2.75) is 12.8 Å². The van der Waals surface area contributed by atoms with Crippen LogP contribution in [0.15, 0.2) is 22.7 Å². The minimum Gasteiger partial charge on any atom is -0.372 e. The zero-order valence-corrected chi connectivity index (χ0v) is 12.8. The number of halogens is 1. The van der Waals surface area contributed by atoms with Crippen LogP contribution in [0.2, 0.25) is 0 Å². The van der Waals surface area contributed by atoms with Crippen molar-refractivity contribution in [2.75, 3.05) is 31.6 Å². The molecule has 0 spiro atoms. The highest BCUT2D eigenvalue weighted by Gasteiger charge is 2.20. The molecule has 1 amide bonds. The first-order chi connectivity index (χ1) is 9.49. The van der Waals surface area contributed by atoms with E-state index >= 15 is 0 Å². The van der Waals surface area contributed by atoms with Gasteiger partial charge in [-0.1, -0.05) is 0 Å². The summed E-state index contributed by atoms with van der Waals surface area (Å²) in [5, 5.41) is 10.7. The monoisotopic (exact) mass is 341 g/mol. The van der Waals surface area contributed by atoms with Gasteiger partial charge in [0.2, 0.25) is 5.91 Å². The van der Waals surface area contributed by atoms with Gasteiger partial charge in [-0.3, -0.25) is 14.9 Å². The van der Waals surface area contributed by atoms with E-state index in [0.29, 0.717) is 24.0 Å². The van der Waals surface area contributed by atoms with Crippen LogP contribution in [0.1, 0.15) is 12.8 Å². The van der Waals surface area contributed by atoms with E-state index in [4.69, 9.17) is 0 Å². The summed E-state index contributed by atoms with van der Waals surface area (Å²) in [6.45, 7) is 2.20. The molecule has 0 bridgehead atoms. The molecule has 0 saturated carbocycles. The number of non-ortho nitro benzene ring substituents is 1. The van der Waals surface area contributed by atoms with E-state index < -0.39 is 4.92 Å². The highest BCUT2D eigenvalue weighted by Crippen LogP contribution is 2.29. The number of likely N-dealkylation sites (N-methyl/N-ethyl adjacent to an activating group) is 1. The Morgan fingerprint density at radius 3 is 2.80 bits per heavy atom. The van der Waals surface area contributed by atoms with Gasteiger partial charge in [0.25, 0.3) is 5.69 Å². The third kappa shape index (κ3) is 3.27. The van der Waals surface area contributed by atoms with Gasteiger partial charge < -0.3 is 9.80 Å². The predicted molar refractivity (Wildman–Crippen MR) is 79.9 cm³/mol. The van der Waals surface area contributed by atoms with E-state index in [1.807, 2.05) is 16.8 Å². The van der Waals surface area contributed by atoms with Crippen molar-refractivity contribution in [3.63, 3.8) is 0 Å². The van der Waals surface area contributed by atoms with Crippen LogP contribution in [0, 0.1) is 10.1 Å². The quantitative estimate of drug-likeness (QED) is 0.609. The molecule has 1 aliphatic rings. The highest BCUT2D eigenvalue weighted by atomic mass is 79.9. The number of nitro groups is 1. The van der Waals surface area contributed by atoms with Crippen molar-refractivity contribution in [3.8, 4) is 0 Å². The van der Waals surface area contributed by atoms with E-state index in [1.165, 1.54) is 12.1 Å². The predicted octanol–water partition coefficient (Wildman–Crippen LogP) is 2.42. The number of amides is 1. The molecule has 1 saturated heterocycles. The van der Waals surface area contributed by atoms with Crippen molar-refractivity contribution in [1.29, 1.82) is 0 Å². The number of anilines is 1. The Kier molecular flexibility index (Phi) is 4.59. The average molecular weight is 342 g/mol. The summed E-state index contributed by atoms with van der Waals surface area (Å²) in [6.07, 6.45) is 1.58. The second-order valence-electron chi connectivity index (χ2n) is 4.80. The van der Waals surface area contributed by atoms with Crippen LogP contribution >= 0.6 is 15.9 Å². The van der Waals surface area contributed by atoms with Gasteiger partial charge in [0, 0.05) is 49.7 Å². The molecule has 0 atom stereocenters. The zero-order chi connectivity index (χ0) is 14.7. The fourth-order valence-electron chi connectivity index (χ4n) is 2.25. The molecule has 108 valence electrons. The van der Waals surface area contributed by atoms with E-state index in [0.717, 1.165) is 18.7 Å². The van der Waals surface area contributed by atoms with E-state index in [2.05, 4.69) is 15.9 Å². The lowest BCUT2D eigenvalue weighted by Gasteiger charge is -2.24. The Morgan fingerprint density at radius 2 is 2.25 bits per heavy atom. The number of hydrogen-bond acceptors (Lipinski definition) is 4. The Morgan fingerprint density at radius 1 is 1.50 bits per heavy atom. The third-order valence-corrected chi connectivity index (χ3v) is 4.07. The lowest BCUT2D eigenvalue weighted by atomic mass is 10.2. The summed E-state index contributed by atoms with van der Waals surface area (Å²) in [5.41, 5.74) is 0.936. The Hall–Kier alpha value is -1.63. The fraction of sp³-hybridized carbons (Fsp3) is 0.462. The van der Waals surface area contributed by atoms with E-state index in [-0.39, 0.29) is 11.6 Å². The molecule has 6 nitrogen and oxygen atoms in total. The molecule has 0 aliphatic carbocycles. The van der Waals surface area contributed by atoms with Crippen molar-refractivity contribution in [3.05, 3.63) is 32.8 Å². The number of nitrogens with zero attached hydrogens (tertiary/aromatic N) is 3. The normalized spacial score (nSPS) is 14.7. The van der Waals surface area contributed by atoms with Gasteiger partial charge in [-0.25, -0.2) is 0 Å². The lowest BCUT2D eigenvalue weighted by Crippen LogP contribution is -2.34. The zero-order valence-electron chi connectivity index (χ0n) is 11.2. The molecule has 1 aromatic carbocycles. The van der Waals surface area contributed by atoms with Crippen LogP contribution in [0.3, 0.4) is 0 Å². The van der Waals surface area contributed by atoms with Crippen molar-refractivity contribution in [1.82, 2.24) is 4.90 Å². The third-order valence-electron chi connectivity index (χ3n) is 3.43. The topological polar surface area (TPSA) is 66.7 Å². The second kappa shape index (κ2) is 6.21. The molecule has 0 radical (unpaired) electrons. The van der Waals surface area contributed by atoms with E-state index in [9.17, 15) is 14.9 Å². The first-order valence-electron chi connectivity index (χ1n) is 6.42. The minimum atomic E-state index is -0.419. The summed E-state index contributed by atoms with van der Waals surface area (Å²) in [7, 11) is 1.91. The van der Waals surface area contributed by atoms with Crippen molar-refractivity contribution < 1.29 is 9.72 Å². The molecular formula is C13H16BrN3O3. The smallest absolute Gasteiger partial charge is 0.270 e. The lowest BCUT2D eigenvalue weighted by molar-refractivity contribution is -0.384. The molecule has 0 aromatic heterocycles. The highest BCUT2D eigenvalue weighted by molar-refractivity contribution is 9.10. The summed E-state index contributed by atoms with van der Waals surface area (Å²) in [6, 6.07) is 4.69. The molecule has 1 fully saturated rings. The number of hydrogen-bond donors (Lipinski definition) is 0. The molecule has 1 heterocycles. The fourth-order valence-corrected chi connectivity index (χ4v) is 2.92. The van der Waals surface area contributed by atoms with Gasteiger partial charge in [-0.15, -0.1) is 0 Å². The Bertz CT molecular complexity index is 536. The second-order valence-corrected chi connectivity index (χ2v) is 5.65. The van der Waals surface area contributed by atoms with Gasteiger partial charge >= 0.3 is 0 Å². The summed E-state index contributed by atoms with van der Waals surface area (Å²) in [4.78, 5) is 25.7. The largest absolute Gasteiger partial charge is 0.372 e. The van der Waals surface area contributed by atoms with Crippen LogP contribution < -0.4 is 4.90 Å². The minimum absolute atomic E-state index is 0.0590. The summed E-state index contributed by atoms with van der Waals surface area (Å²) >= 11 is 3.35. The van der Waals surface area contributed by atoms with Crippen molar-refractivity contribution in [2.24, 2.45) is 0 Å². The van der Waals surface area contributed by atoms with Crippen LogP contribution in [0.5, 0.6) is 0 Å². The number of carbonyl (C=O) groups excluding carboxylic acids is 1. The number of likely N-dealkylation sites (tertiary alicyclic amines) is 1. The Labute approximate surface area is 125 Å². The van der Waals surface area contributed by atoms with Gasteiger partial charge in [0.05, 0.1) is 10.6 Å². The summed E-state index contributed by atoms with van der Waals surface area (Å²) < 4.78 is 0.682. The molecule has 7 heteroatoms. The number of benzene rings is 1. The summed E-state index contributed by atoms with van der Waals surface area (Å²) in [5.74, 6) is 0.209. The Balaban J connectivity index is 2.00. The van der Waals surface area contributed by atoms with Crippen LogP contribution in [-0.4, -0.2) is 42.4 Å². The first kappa shape index (κ1) is 14.8. The number of nitro benzene ring substituents is 1. The maximum atomic E-state index is 11.5. The van der Waals surface area contributed by atoms with Crippen LogP contribution in [0.4, 0.5) is 11.4 Å². The molecule has 0 unspecified atom stereocenters. The molecule has 1 aliphatic heterocycles. The number of rotatable bonds is 5. The molecule has 0 N–H and O–H groups in total. The SMILES string of the molecule is CN(CCN1CCCC1=O)c1ccc([N+](=O)[O-])cc1Br.